The Morgan fingerprint density at radius 3 is 2.26 bits per heavy atom. The van der Waals surface area contributed by atoms with Gasteiger partial charge < -0.3 is 20.4 Å². The Balaban J connectivity index is 1.86. The highest BCUT2D eigenvalue weighted by molar-refractivity contribution is 5.93. The molecule has 0 radical (unpaired) electrons. The Morgan fingerprint density at radius 1 is 1.04 bits per heavy atom. The summed E-state index contributed by atoms with van der Waals surface area (Å²) in [5.41, 5.74) is -0.375. The van der Waals surface area contributed by atoms with E-state index in [1.54, 1.807) is 6.92 Å². The van der Waals surface area contributed by atoms with Crippen LogP contribution in [-0.2, 0) is 9.59 Å². The predicted octanol–water partition coefficient (Wildman–Crippen LogP) is -1.26. The maximum absolute atomic E-state index is 13.7. The van der Waals surface area contributed by atoms with Crippen LogP contribution in [0.15, 0.2) is 12.1 Å². The molecular weight excluding hydrogens is 361 g/mol. The van der Waals surface area contributed by atoms with Crippen molar-refractivity contribution < 1.29 is 32.6 Å². The van der Waals surface area contributed by atoms with Crippen molar-refractivity contribution in [1.29, 1.82) is 0 Å². The van der Waals surface area contributed by atoms with Gasteiger partial charge in [0.2, 0.25) is 0 Å². The summed E-state index contributed by atoms with van der Waals surface area (Å²) in [7, 11) is 0. The van der Waals surface area contributed by atoms with Gasteiger partial charge in [0.15, 0.2) is 30.0 Å². The third-order valence-electron chi connectivity index (χ3n) is 4.76. The van der Waals surface area contributed by atoms with Crippen molar-refractivity contribution in [3.05, 3.63) is 29.6 Å². The van der Waals surface area contributed by atoms with Crippen LogP contribution in [0, 0.1) is 17.5 Å². The zero-order valence-corrected chi connectivity index (χ0v) is 15.8. The molecule has 2 rings (SSSR count). The number of hydrogen-bond acceptors (Lipinski definition) is 2. The van der Waals surface area contributed by atoms with E-state index in [-0.39, 0.29) is 17.6 Å². The van der Waals surface area contributed by atoms with Gasteiger partial charge >= 0.3 is 0 Å². The van der Waals surface area contributed by atoms with Crippen LogP contribution >= 0.6 is 0 Å². The lowest BCUT2D eigenvalue weighted by Gasteiger charge is -2.32. The molecule has 4 N–H and O–H groups in total. The molecule has 1 aromatic rings. The van der Waals surface area contributed by atoms with Crippen molar-refractivity contribution in [2.24, 2.45) is 0 Å². The number of nitrogens with one attached hydrogen (secondary N) is 4. The number of piperazine rings is 1. The smallest absolute Gasteiger partial charge is 0.282 e. The van der Waals surface area contributed by atoms with E-state index in [0.717, 1.165) is 35.0 Å². The fraction of sp³-hybridized carbons (Fsp3) is 0.556. The molecule has 1 saturated heterocycles. The predicted molar refractivity (Wildman–Crippen MR) is 93.9 cm³/mol. The van der Waals surface area contributed by atoms with E-state index in [4.69, 9.17) is 0 Å². The fourth-order valence-electron chi connectivity index (χ4n) is 3.18. The molecule has 1 fully saturated rings. The molecule has 27 heavy (non-hydrogen) atoms. The highest BCUT2D eigenvalue weighted by Gasteiger charge is 2.32. The second-order valence-electron chi connectivity index (χ2n) is 7.24. The van der Waals surface area contributed by atoms with Crippen molar-refractivity contribution >= 4 is 17.5 Å². The lowest BCUT2D eigenvalue weighted by Crippen LogP contribution is -3.30. The van der Waals surface area contributed by atoms with E-state index < -0.39 is 29.4 Å². The molecule has 1 atom stereocenters. The molecule has 1 aliphatic rings. The molecule has 0 aliphatic carbocycles. The van der Waals surface area contributed by atoms with Gasteiger partial charge in [0.1, 0.15) is 26.2 Å². The Bertz CT molecular complexity index is 691. The first-order chi connectivity index (χ1) is 12.7. The fourth-order valence-corrected chi connectivity index (χ4v) is 3.18. The largest absolute Gasteiger partial charge is 0.349 e. The molecule has 1 aromatic carbocycles. The van der Waals surface area contributed by atoms with Gasteiger partial charge in [0, 0.05) is 6.04 Å². The average Bonchev–Trinajstić information content (AvgIpc) is 2.61. The summed E-state index contributed by atoms with van der Waals surface area (Å²) in [4.78, 5) is 26.3. The summed E-state index contributed by atoms with van der Waals surface area (Å²) >= 11 is 0. The molecule has 0 aromatic heterocycles. The minimum Gasteiger partial charge on any atom is -0.349 e. The summed E-state index contributed by atoms with van der Waals surface area (Å²) < 4.78 is 40.0. The SMILES string of the molecule is CC(C)NC(=O)C[NH+]1CC[NH+]([C@@H](C)C(=O)Nc2ccc(F)c(F)c2F)CC1. The van der Waals surface area contributed by atoms with Crippen LogP contribution in [-0.4, -0.2) is 56.6 Å². The van der Waals surface area contributed by atoms with E-state index in [1.165, 1.54) is 0 Å². The van der Waals surface area contributed by atoms with E-state index >= 15 is 0 Å². The molecule has 0 spiro atoms. The van der Waals surface area contributed by atoms with E-state index in [2.05, 4.69) is 10.6 Å². The van der Waals surface area contributed by atoms with E-state index in [0.29, 0.717) is 19.6 Å². The summed E-state index contributed by atoms with van der Waals surface area (Å²) in [5.74, 6) is -4.77. The summed E-state index contributed by atoms with van der Waals surface area (Å²) in [6.45, 7) is 8.75. The molecule has 0 unspecified atom stereocenters. The van der Waals surface area contributed by atoms with Crippen molar-refractivity contribution in [2.75, 3.05) is 38.0 Å². The molecule has 1 aliphatic heterocycles. The molecule has 9 heteroatoms. The van der Waals surface area contributed by atoms with Crippen molar-refractivity contribution in [1.82, 2.24) is 5.32 Å². The minimum atomic E-state index is -1.61. The molecule has 0 bridgehead atoms. The Hall–Kier alpha value is -2.13. The van der Waals surface area contributed by atoms with Crippen molar-refractivity contribution in [2.45, 2.75) is 32.9 Å². The Labute approximate surface area is 156 Å². The molecule has 1 heterocycles. The topological polar surface area (TPSA) is 67.1 Å². The lowest BCUT2D eigenvalue weighted by atomic mass is 10.2. The van der Waals surface area contributed by atoms with Crippen LogP contribution in [0.5, 0.6) is 0 Å². The highest BCUT2D eigenvalue weighted by atomic mass is 19.2. The summed E-state index contributed by atoms with van der Waals surface area (Å²) in [6.07, 6.45) is 0. The summed E-state index contributed by atoms with van der Waals surface area (Å²) in [5, 5.41) is 5.19. The molecule has 2 amide bonds. The van der Waals surface area contributed by atoms with Crippen LogP contribution in [0.2, 0.25) is 0 Å². The first kappa shape index (κ1) is 21.2. The first-order valence-corrected chi connectivity index (χ1v) is 9.11. The van der Waals surface area contributed by atoms with Crippen molar-refractivity contribution in [3.63, 3.8) is 0 Å². The van der Waals surface area contributed by atoms with Crippen LogP contribution in [0.1, 0.15) is 20.8 Å². The number of halogens is 3. The highest BCUT2D eigenvalue weighted by Crippen LogP contribution is 2.19. The Morgan fingerprint density at radius 2 is 1.67 bits per heavy atom. The minimum absolute atomic E-state index is 0.00283. The second kappa shape index (κ2) is 9.18. The zero-order chi connectivity index (χ0) is 20.1. The number of anilines is 1. The van der Waals surface area contributed by atoms with E-state index in [1.807, 2.05) is 13.8 Å². The normalized spacial score (nSPS) is 21.0. The maximum atomic E-state index is 13.7. The number of benzene rings is 1. The number of quaternary nitrogens is 2. The van der Waals surface area contributed by atoms with Gasteiger partial charge in [0.25, 0.3) is 11.8 Å². The van der Waals surface area contributed by atoms with Gasteiger partial charge in [-0.2, -0.15) is 0 Å². The average molecular weight is 388 g/mol. The Kier molecular flexibility index (Phi) is 7.20. The second-order valence-corrected chi connectivity index (χ2v) is 7.24. The van der Waals surface area contributed by atoms with Gasteiger partial charge in [-0.15, -0.1) is 0 Å². The molecule has 150 valence electrons. The number of hydrogen-bond donors (Lipinski definition) is 4. The maximum Gasteiger partial charge on any atom is 0.282 e. The standard InChI is InChI=1S/C18H25F3N4O2/c1-11(2)22-15(26)10-24-6-8-25(9-7-24)12(3)18(27)23-14-5-4-13(19)16(20)17(14)21/h4-5,11-12H,6-10H2,1-3H3,(H,22,26)(H,23,27)/p+2/t12-/m0/s1. The van der Waals surface area contributed by atoms with Gasteiger partial charge in [-0.1, -0.05) is 0 Å². The van der Waals surface area contributed by atoms with Gasteiger partial charge in [-0.25, -0.2) is 13.2 Å². The number of carbonyl (C=O) groups is 2. The first-order valence-electron chi connectivity index (χ1n) is 9.11. The van der Waals surface area contributed by atoms with Crippen molar-refractivity contribution in [3.8, 4) is 0 Å². The third-order valence-corrected chi connectivity index (χ3v) is 4.76. The zero-order valence-electron chi connectivity index (χ0n) is 15.8. The monoisotopic (exact) mass is 388 g/mol. The van der Waals surface area contributed by atoms with Crippen LogP contribution in [0.25, 0.3) is 0 Å². The van der Waals surface area contributed by atoms with Gasteiger partial charge in [0.05, 0.1) is 5.69 Å². The van der Waals surface area contributed by atoms with Gasteiger partial charge in [-0.05, 0) is 32.9 Å². The van der Waals surface area contributed by atoms with E-state index in [9.17, 15) is 22.8 Å². The molecule has 6 nitrogen and oxygen atoms in total. The van der Waals surface area contributed by atoms with Crippen LogP contribution in [0.4, 0.5) is 18.9 Å². The molecular formula is C18H27F3N4O2+2. The lowest BCUT2D eigenvalue weighted by molar-refractivity contribution is -1.01. The van der Waals surface area contributed by atoms with Crippen LogP contribution in [0.3, 0.4) is 0 Å². The van der Waals surface area contributed by atoms with Crippen LogP contribution < -0.4 is 20.4 Å². The number of amides is 2. The molecule has 0 saturated carbocycles. The third kappa shape index (κ3) is 5.67. The summed E-state index contributed by atoms with van der Waals surface area (Å²) in [6, 6.07) is 1.40. The quantitative estimate of drug-likeness (QED) is 0.460. The van der Waals surface area contributed by atoms with Gasteiger partial charge in [-0.3, -0.25) is 9.59 Å². The number of rotatable bonds is 6. The number of carbonyl (C=O) groups excluding carboxylic acids is 2.